The molecule has 0 saturated carbocycles. The van der Waals surface area contributed by atoms with Crippen LogP contribution in [-0.4, -0.2) is 27.6 Å². The lowest BCUT2D eigenvalue weighted by Gasteiger charge is -2.25. The first-order chi connectivity index (χ1) is 10.9. The van der Waals surface area contributed by atoms with Gasteiger partial charge in [-0.1, -0.05) is 29.3 Å². The monoisotopic (exact) mass is 358 g/mol. The third-order valence-electron chi connectivity index (χ3n) is 3.96. The van der Waals surface area contributed by atoms with Crippen LogP contribution in [0.1, 0.15) is 23.6 Å². The number of aromatic nitrogens is 1. The van der Waals surface area contributed by atoms with E-state index in [9.17, 15) is 13.9 Å². The highest BCUT2D eigenvalue weighted by Crippen LogP contribution is 2.35. The molecule has 0 aliphatic carbocycles. The molecule has 2 atom stereocenters. The van der Waals surface area contributed by atoms with Crippen LogP contribution in [0.15, 0.2) is 30.3 Å². The number of aliphatic hydroxyl groups excluding tert-OH is 1. The van der Waals surface area contributed by atoms with Crippen molar-refractivity contribution in [1.82, 2.24) is 9.88 Å². The third kappa shape index (κ3) is 3.63. The second kappa shape index (κ2) is 6.69. The van der Waals surface area contributed by atoms with E-state index in [4.69, 9.17) is 23.2 Å². The predicted molar refractivity (Wildman–Crippen MR) is 84.4 cm³/mol. The SMILES string of the molecule is O[C@@H]1C[C@H](c2cc(F)ccc2F)N(Cc2ccc(Cl)nc2Cl)C1. The zero-order chi connectivity index (χ0) is 16.6. The molecule has 122 valence electrons. The zero-order valence-electron chi connectivity index (χ0n) is 12.0. The molecule has 1 aromatic heterocycles. The summed E-state index contributed by atoms with van der Waals surface area (Å²) in [6, 6.07) is 6.28. The minimum absolute atomic E-state index is 0.236. The van der Waals surface area contributed by atoms with Crippen molar-refractivity contribution in [3.8, 4) is 0 Å². The summed E-state index contributed by atoms with van der Waals surface area (Å²) in [6.45, 7) is 0.709. The maximum Gasteiger partial charge on any atom is 0.135 e. The van der Waals surface area contributed by atoms with Gasteiger partial charge in [-0.25, -0.2) is 13.8 Å². The van der Waals surface area contributed by atoms with Crippen LogP contribution in [-0.2, 0) is 6.54 Å². The smallest absolute Gasteiger partial charge is 0.135 e. The van der Waals surface area contributed by atoms with E-state index in [-0.39, 0.29) is 15.9 Å². The van der Waals surface area contributed by atoms with E-state index in [0.717, 1.165) is 12.1 Å². The fourth-order valence-corrected chi connectivity index (χ4v) is 3.33. The number of benzene rings is 1. The molecule has 23 heavy (non-hydrogen) atoms. The second-order valence-corrected chi connectivity index (χ2v) is 6.33. The fourth-order valence-electron chi connectivity index (χ4n) is 2.93. The van der Waals surface area contributed by atoms with Gasteiger partial charge in [-0.15, -0.1) is 0 Å². The third-order valence-corrected chi connectivity index (χ3v) is 4.50. The molecule has 2 heterocycles. The molecule has 0 spiro atoms. The van der Waals surface area contributed by atoms with Crippen molar-refractivity contribution in [3.63, 3.8) is 0 Å². The molecule has 0 radical (unpaired) electrons. The van der Waals surface area contributed by atoms with E-state index >= 15 is 0 Å². The Morgan fingerprint density at radius 2 is 2.00 bits per heavy atom. The highest BCUT2D eigenvalue weighted by atomic mass is 35.5. The van der Waals surface area contributed by atoms with E-state index in [1.54, 1.807) is 12.1 Å². The largest absolute Gasteiger partial charge is 0.392 e. The lowest BCUT2D eigenvalue weighted by molar-refractivity contribution is 0.172. The van der Waals surface area contributed by atoms with E-state index in [0.29, 0.717) is 25.1 Å². The van der Waals surface area contributed by atoms with Crippen LogP contribution >= 0.6 is 23.2 Å². The summed E-state index contributed by atoms with van der Waals surface area (Å²) in [4.78, 5) is 5.83. The van der Waals surface area contributed by atoms with Crippen molar-refractivity contribution >= 4 is 23.2 Å². The molecular formula is C16H14Cl2F2N2O. The molecule has 2 aromatic rings. The summed E-state index contributed by atoms with van der Waals surface area (Å²) in [6.07, 6.45) is -0.277. The first-order valence-corrected chi connectivity index (χ1v) is 7.87. The summed E-state index contributed by atoms with van der Waals surface area (Å²) in [5.41, 5.74) is 0.951. The first-order valence-electron chi connectivity index (χ1n) is 7.12. The summed E-state index contributed by atoms with van der Waals surface area (Å²) in [5.74, 6) is -0.996. The van der Waals surface area contributed by atoms with Gasteiger partial charge in [-0.3, -0.25) is 4.90 Å². The second-order valence-electron chi connectivity index (χ2n) is 5.58. The van der Waals surface area contributed by atoms with E-state index < -0.39 is 23.8 Å². The summed E-state index contributed by atoms with van der Waals surface area (Å²) in [5, 5.41) is 10.5. The molecule has 0 amide bonds. The molecule has 3 rings (SSSR count). The molecule has 1 saturated heterocycles. The molecule has 7 heteroatoms. The topological polar surface area (TPSA) is 36.4 Å². The van der Waals surface area contributed by atoms with Gasteiger partial charge in [0.1, 0.15) is 21.9 Å². The molecule has 1 aliphatic rings. The van der Waals surface area contributed by atoms with Crippen LogP contribution < -0.4 is 0 Å². The number of rotatable bonds is 3. The number of nitrogens with zero attached hydrogens (tertiary/aromatic N) is 2. The minimum Gasteiger partial charge on any atom is -0.392 e. The van der Waals surface area contributed by atoms with Gasteiger partial charge in [0.2, 0.25) is 0 Å². The van der Waals surface area contributed by atoms with Crippen LogP contribution in [0, 0.1) is 11.6 Å². The zero-order valence-corrected chi connectivity index (χ0v) is 13.5. The molecule has 0 bridgehead atoms. The minimum atomic E-state index is -0.610. The normalized spacial score (nSPS) is 21.8. The standard InChI is InChI=1S/C16H14Cl2F2N2O/c17-15-4-1-9(16(18)21-15)7-22-8-11(23)6-14(22)12-5-10(19)2-3-13(12)20/h1-5,11,14,23H,6-8H2/t11-,14-/m1/s1. The number of aliphatic hydroxyl groups is 1. The average molecular weight is 359 g/mol. The number of hydrogen-bond acceptors (Lipinski definition) is 3. The van der Waals surface area contributed by atoms with E-state index in [1.165, 1.54) is 6.07 Å². The predicted octanol–water partition coefficient (Wildman–Crippen LogP) is 3.97. The van der Waals surface area contributed by atoms with Crippen LogP contribution in [0.4, 0.5) is 8.78 Å². The maximum absolute atomic E-state index is 14.1. The van der Waals surface area contributed by atoms with Crippen molar-refractivity contribution < 1.29 is 13.9 Å². The fraction of sp³-hybridized carbons (Fsp3) is 0.312. The highest BCUT2D eigenvalue weighted by Gasteiger charge is 2.34. The number of likely N-dealkylation sites (tertiary alicyclic amines) is 1. The van der Waals surface area contributed by atoms with Crippen molar-refractivity contribution in [1.29, 1.82) is 0 Å². The van der Waals surface area contributed by atoms with Gasteiger partial charge in [0.05, 0.1) is 6.10 Å². The van der Waals surface area contributed by atoms with Gasteiger partial charge in [0.15, 0.2) is 0 Å². The Balaban J connectivity index is 1.89. The highest BCUT2D eigenvalue weighted by molar-refractivity contribution is 6.32. The van der Waals surface area contributed by atoms with Gasteiger partial charge in [-0.05, 0) is 30.7 Å². The van der Waals surface area contributed by atoms with Crippen molar-refractivity contribution in [2.45, 2.75) is 25.1 Å². The lowest BCUT2D eigenvalue weighted by Crippen LogP contribution is -2.25. The summed E-state index contributed by atoms with van der Waals surface area (Å²) in [7, 11) is 0. The molecular weight excluding hydrogens is 345 g/mol. The Hall–Kier alpha value is -1.27. The molecule has 1 N–H and O–H groups in total. The van der Waals surface area contributed by atoms with Gasteiger partial charge in [0.25, 0.3) is 0 Å². The van der Waals surface area contributed by atoms with Crippen LogP contribution in [0.3, 0.4) is 0 Å². The van der Waals surface area contributed by atoms with Gasteiger partial charge in [0, 0.05) is 30.3 Å². The van der Waals surface area contributed by atoms with Crippen molar-refractivity contribution in [2.75, 3.05) is 6.54 Å². The Morgan fingerprint density at radius 3 is 2.74 bits per heavy atom. The van der Waals surface area contributed by atoms with Crippen LogP contribution in [0.5, 0.6) is 0 Å². The first kappa shape index (κ1) is 16.6. The lowest BCUT2D eigenvalue weighted by atomic mass is 10.0. The quantitative estimate of drug-likeness (QED) is 0.843. The van der Waals surface area contributed by atoms with E-state index in [2.05, 4.69) is 4.98 Å². The van der Waals surface area contributed by atoms with Crippen molar-refractivity contribution in [2.24, 2.45) is 0 Å². The molecule has 1 aliphatic heterocycles. The number of hydrogen-bond donors (Lipinski definition) is 1. The molecule has 3 nitrogen and oxygen atoms in total. The average Bonchev–Trinajstić information content (AvgIpc) is 2.85. The van der Waals surface area contributed by atoms with Gasteiger partial charge < -0.3 is 5.11 Å². The number of β-amino-alcohol motifs (C(OH)–C–C–N with tert-alkyl or cyclic N) is 1. The number of pyridine rings is 1. The molecule has 0 unspecified atom stereocenters. The Bertz CT molecular complexity index is 729. The van der Waals surface area contributed by atoms with Gasteiger partial charge in [-0.2, -0.15) is 0 Å². The van der Waals surface area contributed by atoms with Crippen molar-refractivity contribution in [3.05, 3.63) is 63.4 Å². The van der Waals surface area contributed by atoms with Crippen LogP contribution in [0.25, 0.3) is 0 Å². The Labute approximate surface area is 142 Å². The maximum atomic E-state index is 14.1. The van der Waals surface area contributed by atoms with Gasteiger partial charge >= 0.3 is 0 Å². The number of halogens is 4. The molecule has 1 aromatic carbocycles. The molecule has 1 fully saturated rings. The Morgan fingerprint density at radius 1 is 1.22 bits per heavy atom. The summed E-state index contributed by atoms with van der Waals surface area (Å²) >= 11 is 11.9. The van der Waals surface area contributed by atoms with E-state index in [1.807, 2.05) is 4.90 Å². The van der Waals surface area contributed by atoms with Crippen LogP contribution in [0.2, 0.25) is 10.3 Å². The Kier molecular flexibility index (Phi) is 4.82. The summed E-state index contributed by atoms with van der Waals surface area (Å²) < 4.78 is 27.5.